The normalized spacial score (nSPS) is 24.0. The summed E-state index contributed by atoms with van der Waals surface area (Å²) < 4.78 is 43.4. The van der Waals surface area contributed by atoms with Gasteiger partial charge in [0.15, 0.2) is 11.3 Å². The van der Waals surface area contributed by atoms with Gasteiger partial charge >= 0.3 is 0 Å². The van der Waals surface area contributed by atoms with E-state index < -0.39 is 29.9 Å². The highest BCUT2D eigenvalue weighted by molar-refractivity contribution is 6.10. The average molecular weight is 857 g/mol. The fraction of sp³-hybridized carbons (Fsp3) is 0.568. The number of hydrogen-bond donors (Lipinski definition) is 2. The first-order valence-corrected chi connectivity index (χ1v) is 22.0. The number of benzene rings is 1. The predicted molar refractivity (Wildman–Crippen MR) is 224 cm³/mol. The second-order valence-electron chi connectivity index (χ2n) is 17.3. The Morgan fingerprint density at radius 1 is 1.02 bits per heavy atom. The number of morpholine rings is 1. The number of rotatable bonds is 13. The predicted octanol–water partition coefficient (Wildman–Crippen LogP) is 4.91. The second kappa shape index (κ2) is 18.2. The molecule has 0 spiro atoms. The van der Waals surface area contributed by atoms with Crippen LogP contribution in [0, 0.1) is 11.8 Å². The topological polar surface area (TPSA) is 169 Å². The van der Waals surface area contributed by atoms with E-state index in [4.69, 9.17) is 9.47 Å². The highest BCUT2D eigenvalue weighted by Gasteiger charge is 2.45. The van der Waals surface area contributed by atoms with Crippen LogP contribution in [0.15, 0.2) is 42.9 Å². The van der Waals surface area contributed by atoms with Crippen LogP contribution in [0.1, 0.15) is 103 Å². The quantitative estimate of drug-likeness (QED) is 0.139. The van der Waals surface area contributed by atoms with E-state index in [0.29, 0.717) is 56.7 Å². The number of carbonyl (C=O) groups is 4. The number of ether oxygens (including phenoxy) is 2. The lowest BCUT2D eigenvalue weighted by molar-refractivity contribution is -0.139. The molecule has 4 aliphatic heterocycles. The van der Waals surface area contributed by atoms with Crippen molar-refractivity contribution in [3.63, 3.8) is 0 Å². The molecule has 0 bridgehead atoms. The second-order valence-corrected chi connectivity index (χ2v) is 17.3. The van der Waals surface area contributed by atoms with Gasteiger partial charge in [0, 0.05) is 65.2 Å². The number of imide groups is 1. The van der Waals surface area contributed by atoms with Crippen molar-refractivity contribution in [2.24, 2.45) is 11.8 Å². The lowest BCUT2D eigenvalue weighted by Crippen LogP contribution is -2.44. The van der Waals surface area contributed by atoms with Crippen LogP contribution in [0.4, 0.5) is 26.0 Å². The van der Waals surface area contributed by atoms with Gasteiger partial charge < -0.3 is 29.5 Å². The summed E-state index contributed by atoms with van der Waals surface area (Å²) in [6.07, 6.45) is 9.66. The Morgan fingerprint density at radius 2 is 1.81 bits per heavy atom. The molecule has 3 aromatic heterocycles. The monoisotopic (exact) mass is 856 g/mol. The minimum absolute atomic E-state index is 0.00580. The third kappa shape index (κ3) is 8.68. The van der Waals surface area contributed by atoms with Crippen LogP contribution in [0.2, 0.25) is 0 Å². The number of nitrogens with one attached hydrogen (secondary N) is 2. The largest absolute Gasteiger partial charge is 0.378 e. The zero-order valence-electron chi connectivity index (χ0n) is 35.0. The standard InChI is InChI=1S/C44H54F2N10O6/c1-52-39-28(4-2-6-31(39)37(44(52)60)32-11-12-36(57)50-42(32)58)5-3-21-62-30-13-16-53(17-14-30)25-27-7-9-29(10-8-27)56-26-34(38(51-56)40(45)46)48-43(59)33-24-47-55-18-15-35(49-41(33)55)54-19-22-61-23-20-54/h2,4,6,15,18,24,26-27,29-30,32,37,40H,3,5,7-14,16-17,19-23,25H2,1H3,(H,48,59)(H,50,57,58)/t27-,29-,32?,37?. The molecule has 2 N–H and O–H groups in total. The number of aromatic nitrogens is 5. The van der Waals surface area contributed by atoms with Gasteiger partial charge in [-0.25, -0.2) is 18.3 Å². The molecule has 1 aliphatic carbocycles. The lowest BCUT2D eigenvalue weighted by atomic mass is 9.81. The van der Waals surface area contributed by atoms with Crippen LogP contribution in [-0.4, -0.2) is 119 Å². The van der Waals surface area contributed by atoms with Crippen molar-refractivity contribution < 1.29 is 37.4 Å². The summed E-state index contributed by atoms with van der Waals surface area (Å²) >= 11 is 0. The molecule has 7 heterocycles. The fourth-order valence-electron chi connectivity index (χ4n) is 10.1. The number of piperidine rings is 2. The van der Waals surface area contributed by atoms with E-state index in [1.54, 1.807) is 29.0 Å². The highest BCUT2D eigenvalue weighted by Crippen LogP contribution is 2.45. The Labute approximate surface area is 358 Å². The molecule has 4 fully saturated rings. The minimum atomic E-state index is -2.86. The molecule has 0 radical (unpaired) electrons. The number of aryl methyl sites for hydroxylation is 1. The van der Waals surface area contributed by atoms with Crippen LogP contribution >= 0.6 is 0 Å². The maximum atomic E-state index is 14.3. The molecule has 16 nitrogen and oxygen atoms in total. The van der Waals surface area contributed by atoms with E-state index in [0.717, 1.165) is 87.8 Å². The Morgan fingerprint density at radius 3 is 2.56 bits per heavy atom. The number of amides is 4. The van der Waals surface area contributed by atoms with Gasteiger partial charge in [-0.05, 0) is 80.9 Å². The molecule has 330 valence electrons. The SMILES string of the molecule is CN1C(=O)C(C2CCC(=O)NC2=O)c2cccc(CCCOC3CCN(C[C@H]4CC[C@H](n5cc(NC(=O)c6cnn7ccc(N8CCOCC8)nc67)c(C(F)F)n5)CC4)CC3)c21. The molecular formula is C44H54F2N10O6. The van der Waals surface area contributed by atoms with Gasteiger partial charge in [-0.3, -0.25) is 29.2 Å². The van der Waals surface area contributed by atoms with Crippen LogP contribution < -0.4 is 20.4 Å². The molecule has 2 unspecified atom stereocenters. The summed E-state index contributed by atoms with van der Waals surface area (Å²) in [6, 6.07) is 7.72. The van der Waals surface area contributed by atoms with E-state index in [1.807, 2.05) is 24.3 Å². The minimum Gasteiger partial charge on any atom is -0.378 e. The summed E-state index contributed by atoms with van der Waals surface area (Å²) in [6.45, 7) is 6.06. The van der Waals surface area contributed by atoms with Gasteiger partial charge in [-0.15, -0.1) is 0 Å². The van der Waals surface area contributed by atoms with Gasteiger partial charge in [-0.2, -0.15) is 10.2 Å². The number of hydrogen-bond acceptors (Lipinski definition) is 11. The number of halogens is 2. The van der Waals surface area contributed by atoms with Crippen molar-refractivity contribution in [3.8, 4) is 0 Å². The van der Waals surface area contributed by atoms with Gasteiger partial charge in [0.25, 0.3) is 12.3 Å². The Hall–Kier alpha value is -5.33. The van der Waals surface area contributed by atoms with Crippen molar-refractivity contribution in [1.82, 2.24) is 34.6 Å². The third-order valence-electron chi connectivity index (χ3n) is 13.4. The van der Waals surface area contributed by atoms with Gasteiger partial charge in [0.1, 0.15) is 11.4 Å². The molecule has 9 rings (SSSR count). The summed E-state index contributed by atoms with van der Waals surface area (Å²) in [5.74, 6) is -1.25. The Kier molecular flexibility index (Phi) is 12.3. The molecule has 3 saturated heterocycles. The van der Waals surface area contributed by atoms with Crippen molar-refractivity contribution in [2.75, 3.05) is 74.7 Å². The molecule has 4 amide bonds. The number of nitrogens with zero attached hydrogens (tertiary/aromatic N) is 8. The number of fused-ring (bicyclic) bond motifs is 2. The molecule has 18 heteroatoms. The van der Waals surface area contributed by atoms with E-state index in [2.05, 4.69) is 35.6 Å². The zero-order valence-corrected chi connectivity index (χ0v) is 35.0. The first kappa shape index (κ1) is 42.0. The smallest absolute Gasteiger partial charge is 0.284 e. The van der Waals surface area contributed by atoms with Gasteiger partial charge in [0.05, 0.1) is 54.8 Å². The molecule has 4 aromatic rings. The van der Waals surface area contributed by atoms with Crippen LogP contribution in [0.25, 0.3) is 5.65 Å². The van der Waals surface area contributed by atoms with Crippen LogP contribution in [0.3, 0.4) is 0 Å². The Bertz CT molecular complexity index is 2300. The van der Waals surface area contributed by atoms with Gasteiger partial charge in [0.2, 0.25) is 17.7 Å². The van der Waals surface area contributed by atoms with Crippen LogP contribution in [-0.2, 0) is 30.3 Å². The maximum absolute atomic E-state index is 14.3. The zero-order chi connectivity index (χ0) is 42.9. The summed E-state index contributed by atoms with van der Waals surface area (Å²) in [7, 11) is 1.77. The molecule has 62 heavy (non-hydrogen) atoms. The summed E-state index contributed by atoms with van der Waals surface area (Å²) in [5.41, 5.74) is 2.88. The first-order chi connectivity index (χ1) is 30.1. The number of anilines is 3. The highest BCUT2D eigenvalue weighted by atomic mass is 19.3. The molecule has 2 atom stereocenters. The lowest BCUT2D eigenvalue weighted by Gasteiger charge is -2.36. The maximum Gasteiger partial charge on any atom is 0.284 e. The summed E-state index contributed by atoms with van der Waals surface area (Å²) in [5, 5.41) is 13.6. The van der Waals surface area contributed by atoms with Crippen LogP contribution in [0.5, 0.6) is 0 Å². The van der Waals surface area contributed by atoms with E-state index >= 15 is 0 Å². The van der Waals surface area contributed by atoms with Gasteiger partial charge in [-0.1, -0.05) is 18.2 Å². The van der Waals surface area contributed by atoms with E-state index in [9.17, 15) is 28.0 Å². The number of carbonyl (C=O) groups excluding carboxylic acids is 4. The first-order valence-electron chi connectivity index (χ1n) is 22.0. The number of para-hydroxylation sites is 1. The molecule has 1 saturated carbocycles. The van der Waals surface area contributed by atoms with Crippen molar-refractivity contribution in [3.05, 3.63) is 65.2 Å². The number of likely N-dealkylation sites (N-methyl/N-ethyl adjacent to an activating group) is 1. The molecule has 1 aromatic carbocycles. The van der Waals surface area contributed by atoms with E-state index in [-0.39, 0.29) is 47.5 Å². The number of likely N-dealkylation sites (tertiary alicyclic amines) is 1. The summed E-state index contributed by atoms with van der Waals surface area (Å²) in [4.78, 5) is 62.1. The van der Waals surface area contributed by atoms with Crippen molar-refractivity contribution >= 4 is 46.5 Å². The Balaban J connectivity index is 0.721. The molecule has 5 aliphatic rings. The number of alkyl halides is 2. The average Bonchev–Trinajstić information content (AvgIpc) is 3.98. The fourth-order valence-corrected chi connectivity index (χ4v) is 10.1. The third-order valence-corrected chi connectivity index (χ3v) is 13.4. The van der Waals surface area contributed by atoms with Crippen molar-refractivity contribution in [1.29, 1.82) is 0 Å². The van der Waals surface area contributed by atoms with E-state index in [1.165, 1.54) is 10.7 Å². The van der Waals surface area contributed by atoms with Crippen molar-refractivity contribution in [2.45, 2.75) is 88.7 Å². The molecular weight excluding hydrogens is 803 g/mol.